The molecule has 0 aliphatic heterocycles. The molecule has 3 rings (SSSR count). The number of carbonyl (C=O) groups is 1. The molecule has 100 valence electrons. The second-order valence-corrected chi connectivity index (χ2v) is 4.91. The van der Waals surface area contributed by atoms with Crippen molar-refractivity contribution < 1.29 is 9.32 Å². The molecule has 0 radical (unpaired) electrons. The molecule has 20 heavy (non-hydrogen) atoms. The van der Waals surface area contributed by atoms with Gasteiger partial charge in [-0.25, -0.2) is 4.98 Å². The Morgan fingerprint density at radius 1 is 1.30 bits per heavy atom. The van der Waals surface area contributed by atoms with Gasteiger partial charge in [-0.15, -0.1) is 11.3 Å². The number of hydrogen-bond acceptors (Lipinski definition) is 6. The molecule has 0 saturated carbocycles. The summed E-state index contributed by atoms with van der Waals surface area (Å²) in [6.45, 7) is 1.75. The second-order valence-electron chi connectivity index (χ2n) is 4.02. The predicted octanol–water partition coefficient (Wildman–Crippen LogP) is 2.75. The Labute approximate surface area is 118 Å². The number of carbonyl (C=O) groups excluding carboxylic acids is 1. The topological polar surface area (TPSA) is 80.9 Å². The molecule has 0 aliphatic carbocycles. The van der Waals surface area contributed by atoms with Crippen molar-refractivity contribution in [3.63, 3.8) is 0 Å². The minimum Gasteiger partial charge on any atom is -0.334 e. The average Bonchev–Trinajstić information content (AvgIpc) is 3.10. The molecule has 6 nitrogen and oxygen atoms in total. The zero-order valence-electron chi connectivity index (χ0n) is 10.5. The lowest BCUT2D eigenvalue weighted by molar-refractivity contribution is 0.102. The summed E-state index contributed by atoms with van der Waals surface area (Å²) < 4.78 is 5.07. The SMILES string of the molecule is Cc1noc(-c2ccc(C(=O)Nc3nccs3)cc2)n1. The number of nitrogens with zero attached hydrogens (tertiary/aromatic N) is 3. The van der Waals surface area contributed by atoms with Crippen molar-refractivity contribution in [2.24, 2.45) is 0 Å². The molecule has 0 aliphatic rings. The van der Waals surface area contributed by atoms with E-state index in [4.69, 9.17) is 4.52 Å². The first-order valence-corrected chi connectivity index (χ1v) is 6.72. The van der Waals surface area contributed by atoms with Gasteiger partial charge in [-0.1, -0.05) is 5.16 Å². The first-order valence-electron chi connectivity index (χ1n) is 5.84. The Morgan fingerprint density at radius 2 is 2.10 bits per heavy atom. The third kappa shape index (κ3) is 2.57. The fourth-order valence-corrected chi connectivity index (χ4v) is 2.16. The zero-order chi connectivity index (χ0) is 13.9. The standard InChI is InChI=1S/C13H10N4O2S/c1-8-15-12(19-17-8)10-4-2-9(3-5-10)11(18)16-13-14-6-7-20-13/h2-7H,1H3,(H,14,16,18). The molecule has 0 unspecified atom stereocenters. The molecule has 3 aromatic rings. The minimum absolute atomic E-state index is 0.201. The molecule has 0 saturated heterocycles. The molecule has 2 aromatic heterocycles. The zero-order valence-corrected chi connectivity index (χ0v) is 11.3. The predicted molar refractivity (Wildman–Crippen MR) is 74.5 cm³/mol. The van der Waals surface area contributed by atoms with Crippen molar-refractivity contribution in [3.05, 3.63) is 47.2 Å². The fraction of sp³-hybridized carbons (Fsp3) is 0.0769. The Hall–Kier alpha value is -2.54. The van der Waals surface area contributed by atoms with Gasteiger partial charge in [-0.3, -0.25) is 10.1 Å². The van der Waals surface area contributed by atoms with Crippen molar-refractivity contribution >= 4 is 22.4 Å². The van der Waals surface area contributed by atoms with E-state index in [1.165, 1.54) is 11.3 Å². The number of nitrogens with one attached hydrogen (secondary N) is 1. The highest BCUT2D eigenvalue weighted by molar-refractivity contribution is 7.13. The van der Waals surface area contributed by atoms with Gasteiger partial charge in [-0.2, -0.15) is 4.98 Å². The number of rotatable bonds is 3. The van der Waals surface area contributed by atoms with Crippen LogP contribution in [-0.2, 0) is 0 Å². The van der Waals surface area contributed by atoms with E-state index in [1.54, 1.807) is 42.8 Å². The van der Waals surface area contributed by atoms with E-state index in [0.29, 0.717) is 22.4 Å². The highest BCUT2D eigenvalue weighted by Gasteiger charge is 2.10. The molecule has 7 heteroatoms. The number of amides is 1. The maximum absolute atomic E-state index is 12.0. The Balaban J connectivity index is 1.77. The maximum atomic E-state index is 12.0. The fourth-order valence-electron chi connectivity index (χ4n) is 1.63. The Kier molecular flexibility index (Phi) is 3.26. The summed E-state index contributed by atoms with van der Waals surface area (Å²) in [6.07, 6.45) is 1.64. The first-order chi connectivity index (χ1) is 9.72. The van der Waals surface area contributed by atoms with Crippen molar-refractivity contribution in [1.82, 2.24) is 15.1 Å². The summed E-state index contributed by atoms with van der Waals surface area (Å²) in [7, 11) is 0. The van der Waals surface area contributed by atoms with Crippen LogP contribution in [0.3, 0.4) is 0 Å². The summed E-state index contributed by atoms with van der Waals surface area (Å²) >= 11 is 1.37. The van der Waals surface area contributed by atoms with Crippen molar-refractivity contribution in [2.75, 3.05) is 5.32 Å². The maximum Gasteiger partial charge on any atom is 0.257 e. The summed E-state index contributed by atoms with van der Waals surface area (Å²) in [4.78, 5) is 20.1. The van der Waals surface area contributed by atoms with Gasteiger partial charge < -0.3 is 4.52 Å². The lowest BCUT2D eigenvalue weighted by atomic mass is 10.1. The number of aryl methyl sites for hydroxylation is 1. The Morgan fingerprint density at radius 3 is 2.70 bits per heavy atom. The van der Waals surface area contributed by atoms with Gasteiger partial charge in [0, 0.05) is 22.7 Å². The van der Waals surface area contributed by atoms with Crippen LogP contribution in [0, 0.1) is 6.92 Å². The van der Waals surface area contributed by atoms with Gasteiger partial charge in [0.15, 0.2) is 11.0 Å². The first kappa shape index (κ1) is 12.5. The van der Waals surface area contributed by atoms with E-state index in [2.05, 4.69) is 20.4 Å². The lowest BCUT2D eigenvalue weighted by Gasteiger charge is -2.02. The third-order valence-electron chi connectivity index (χ3n) is 2.57. The van der Waals surface area contributed by atoms with Crippen LogP contribution >= 0.6 is 11.3 Å². The molecule has 1 aromatic carbocycles. The van der Waals surface area contributed by atoms with Gasteiger partial charge in [0.1, 0.15) is 0 Å². The normalized spacial score (nSPS) is 10.4. The van der Waals surface area contributed by atoms with E-state index < -0.39 is 0 Å². The summed E-state index contributed by atoms with van der Waals surface area (Å²) in [6, 6.07) is 6.95. The molecule has 1 amide bonds. The van der Waals surface area contributed by atoms with Crippen LogP contribution in [0.5, 0.6) is 0 Å². The van der Waals surface area contributed by atoms with Gasteiger partial charge >= 0.3 is 0 Å². The highest BCUT2D eigenvalue weighted by atomic mass is 32.1. The Bertz CT molecular complexity index is 719. The number of hydrogen-bond donors (Lipinski definition) is 1. The number of thiazole rings is 1. The minimum atomic E-state index is -0.201. The smallest absolute Gasteiger partial charge is 0.257 e. The van der Waals surface area contributed by atoms with Crippen LogP contribution in [0.4, 0.5) is 5.13 Å². The van der Waals surface area contributed by atoms with E-state index in [9.17, 15) is 4.79 Å². The number of aromatic nitrogens is 3. The molecular formula is C13H10N4O2S. The summed E-state index contributed by atoms with van der Waals surface area (Å²) in [5, 5.41) is 8.82. The molecule has 0 bridgehead atoms. The third-order valence-corrected chi connectivity index (χ3v) is 3.26. The second kappa shape index (κ2) is 5.22. The van der Waals surface area contributed by atoms with E-state index in [0.717, 1.165) is 5.56 Å². The quantitative estimate of drug-likeness (QED) is 0.800. The van der Waals surface area contributed by atoms with Crippen LogP contribution in [0.15, 0.2) is 40.4 Å². The molecule has 0 atom stereocenters. The van der Waals surface area contributed by atoms with Gasteiger partial charge in [0.25, 0.3) is 11.8 Å². The van der Waals surface area contributed by atoms with Crippen molar-refractivity contribution in [3.8, 4) is 11.5 Å². The summed E-state index contributed by atoms with van der Waals surface area (Å²) in [5.41, 5.74) is 1.32. The van der Waals surface area contributed by atoms with E-state index in [-0.39, 0.29) is 5.91 Å². The summed E-state index contributed by atoms with van der Waals surface area (Å²) in [5.74, 6) is 0.813. The molecule has 1 N–H and O–H groups in total. The van der Waals surface area contributed by atoms with Gasteiger partial charge in [-0.05, 0) is 31.2 Å². The molecular weight excluding hydrogens is 276 g/mol. The number of benzene rings is 1. The van der Waals surface area contributed by atoms with Crippen LogP contribution in [0.1, 0.15) is 16.2 Å². The largest absolute Gasteiger partial charge is 0.334 e. The van der Waals surface area contributed by atoms with Crippen LogP contribution in [-0.4, -0.2) is 21.0 Å². The van der Waals surface area contributed by atoms with Crippen LogP contribution < -0.4 is 5.32 Å². The van der Waals surface area contributed by atoms with E-state index >= 15 is 0 Å². The van der Waals surface area contributed by atoms with Crippen molar-refractivity contribution in [2.45, 2.75) is 6.92 Å². The van der Waals surface area contributed by atoms with Crippen LogP contribution in [0.25, 0.3) is 11.5 Å². The van der Waals surface area contributed by atoms with Crippen molar-refractivity contribution in [1.29, 1.82) is 0 Å². The van der Waals surface area contributed by atoms with Gasteiger partial charge in [0.05, 0.1) is 0 Å². The molecule has 0 spiro atoms. The monoisotopic (exact) mass is 286 g/mol. The van der Waals surface area contributed by atoms with E-state index in [1.807, 2.05) is 0 Å². The molecule has 0 fully saturated rings. The highest BCUT2D eigenvalue weighted by Crippen LogP contribution is 2.18. The average molecular weight is 286 g/mol. The van der Waals surface area contributed by atoms with Crippen LogP contribution in [0.2, 0.25) is 0 Å². The van der Waals surface area contributed by atoms with Gasteiger partial charge in [0.2, 0.25) is 0 Å². The molecule has 2 heterocycles. The lowest BCUT2D eigenvalue weighted by Crippen LogP contribution is -2.11. The number of anilines is 1.